The quantitative estimate of drug-likeness (QED) is 0.521. The fraction of sp³-hybridized carbons (Fsp3) is 0.680. The minimum Gasteiger partial charge on any atom is -0.355 e. The van der Waals surface area contributed by atoms with Crippen LogP contribution in [0.5, 0.6) is 0 Å². The first kappa shape index (κ1) is 26.6. The standard InChI is InChI=1S/C25H41N5O3S/c1-6-29(7-2)34(32,33)21-9-10-23-22(17-21)27-24(30(23)8-3)11-12-25(31)26-18-20(5)28-15-13-19(4)14-16-28/h9-10,17,19-20H,6-8,11-16,18H2,1-5H3,(H,26,31). The fourth-order valence-corrected chi connectivity index (χ4v) is 6.23. The van der Waals surface area contributed by atoms with Crippen LogP contribution in [0.3, 0.4) is 0 Å². The van der Waals surface area contributed by atoms with Gasteiger partial charge in [-0.15, -0.1) is 0 Å². The van der Waals surface area contributed by atoms with Crippen LogP contribution in [0, 0.1) is 5.92 Å². The summed E-state index contributed by atoms with van der Waals surface area (Å²) in [4.78, 5) is 20.0. The molecule has 2 aromatic rings. The van der Waals surface area contributed by atoms with E-state index in [4.69, 9.17) is 4.98 Å². The van der Waals surface area contributed by atoms with E-state index in [1.807, 2.05) is 26.8 Å². The molecule has 3 rings (SSSR count). The normalized spacial score (nSPS) is 16.9. The van der Waals surface area contributed by atoms with Crippen molar-refractivity contribution in [2.24, 2.45) is 5.92 Å². The van der Waals surface area contributed by atoms with Gasteiger partial charge in [0.1, 0.15) is 5.82 Å². The lowest BCUT2D eigenvalue weighted by Crippen LogP contribution is -2.45. The summed E-state index contributed by atoms with van der Waals surface area (Å²) in [7, 11) is -3.54. The van der Waals surface area contributed by atoms with Gasteiger partial charge in [0, 0.05) is 45.1 Å². The Bertz CT molecular complexity index is 1070. The highest BCUT2D eigenvalue weighted by atomic mass is 32.2. The summed E-state index contributed by atoms with van der Waals surface area (Å²) in [6.07, 6.45) is 3.33. The zero-order chi connectivity index (χ0) is 24.9. The Morgan fingerprint density at radius 2 is 1.88 bits per heavy atom. The molecule has 1 amide bonds. The number of rotatable bonds is 11. The second-order valence-corrected chi connectivity index (χ2v) is 11.3. The lowest BCUT2D eigenvalue weighted by molar-refractivity contribution is -0.121. The first-order valence-electron chi connectivity index (χ1n) is 12.7. The molecule has 9 heteroatoms. The van der Waals surface area contributed by atoms with Crippen molar-refractivity contribution in [3.8, 4) is 0 Å². The van der Waals surface area contributed by atoms with Crippen molar-refractivity contribution < 1.29 is 13.2 Å². The molecule has 34 heavy (non-hydrogen) atoms. The molecule has 0 spiro atoms. The summed E-state index contributed by atoms with van der Waals surface area (Å²) in [5.74, 6) is 1.63. The molecule has 1 unspecified atom stereocenters. The Morgan fingerprint density at radius 1 is 1.21 bits per heavy atom. The highest BCUT2D eigenvalue weighted by Gasteiger charge is 2.23. The number of nitrogens with one attached hydrogen (secondary N) is 1. The molecule has 1 aromatic heterocycles. The van der Waals surface area contributed by atoms with Crippen molar-refractivity contribution in [3.05, 3.63) is 24.0 Å². The molecule has 1 aliphatic heterocycles. The summed E-state index contributed by atoms with van der Waals surface area (Å²) in [6.45, 7) is 14.6. The third-order valence-electron chi connectivity index (χ3n) is 7.07. The van der Waals surface area contributed by atoms with Gasteiger partial charge in [-0.1, -0.05) is 20.8 Å². The zero-order valence-electron chi connectivity index (χ0n) is 21.4. The molecule has 1 aliphatic rings. The molecule has 1 saturated heterocycles. The average Bonchev–Trinajstić information content (AvgIpc) is 3.19. The van der Waals surface area contributed by atoms with Gasteiger partial charge in [-0.3, -0.25) is 9.69 Å². The van der Waals surface area contributed by atoms with Crippen molar-refractivity contribution in [2.75, 3.05) is 32.7 Å². The number of nitrogens with zero attached hydrogens (tertiary/aromatic N) is 4. The Labute approximate surface area is 204 Å². The Hall–Kier alpha value is -1.97. The van der Waals surface area contributed by atoms with Crippen LogP contribution in [0.4, 0.5) is 0 Å². The predicted molar refractivity (Wildman–Crippen MR) is 136 cm³/mol. The smallest absolute Gasteiger partial charge is 0.243 e. The molecular formula is C25H41N5O3S. The van der Waals surface area contributed by atoms with Crippen LogP contribution in [0.2, 0.25) is 0 Å². The summed E-state index contributed by atoms with van der Waals surface area (Å²) in [6, 6.07) is 5.47. The third-order valence-corrected chi connectivity index (χ3v) is 9.12. The molecule has 0 saturated carbocycles. The van der Waals surface area contributed by atoms with Crippen molar-refractivity contribution in [1.29, 1.82) is 0 Å². The van der Waals surface area contributed by atoms with E-state index < -0.39 is 10.0 Å². The van der Waals surface area contributed by atoms with Gasteiger partial charge in [0.05, 0.1) is 15.9 Å². The first-order valence-corrected chi connectivity index (χ1v) is 14.1. The largest absolute Gasteiger partial charge is 0.355 e. The predicted octanol–water partition coefficient (Wildman–Crippen LogP) is 3.26. The average molecular weight is 492 g/mol. The van der Waals surface area contributed by atoms with E-state index in [2.05, 4.69) is 28.6 Å². The van der Waals surface area contributed by atoms with Crippen LogP contribution < -0.4 is 5.32 Å². The number of benzene rings is 1. The molecule has 0 aliphatic carbocycles. The van der Waals surface area contributed by atoms with Crippen molar-refractivity contribution >= 4 is 27.0 Å². The van der Waals surface area contributed by atoms with E-state index in [-0.39, 0.29) is 10.8 Å². The minimum absolute atomic E-state index is 0.0248. The summed E-state index contributed by atoms with van der Waals surface area (Å²) in [5, 5.41) is 3.08. The van der Waals surface area contributed by atoms with Gasteiger partial charge in [-0.2, -0.15) is 4.31 Å². The first-order chi connectivity index (χ1) is 16.2. The fourth-order valence-electron chi connectivity index (χ4n) is 4.75. The van der Waals surface area contributed by atoms with Gasteiger partial charge in [-0.05, 0) is 63.9 Å². The van der Waals surface area contributed by atoms with Crippen molar-refractivity contribution in [2.45, 2.75) is 77.8 Å². The maximum Gasteiger partial charge on any atom is 0.243 e. The molecule has 0 bridgehead atoms. The van der Waals surface area contributed by atoms with Gasteiger partial charge in [-0.25, -0.2) is 13.4 Å². The van der Waals surface area contributed by atoms with E-state index in [1.54, 1.807) is 12.1 Å². The number of fused-ring (bicyclic) bond motifs is 1. The number of carbonyl (C=O) groups excluding carboxylic acids is 1. The molecule has 1 atom stereocenters. The van der Waals surface area contributed by atoms with Crippen molar-refractivity contribution in [1.82, 2.24) is 24.1 Å². The number of hydrogen-bond donors (Lipinski definition) is 1. The van der Waals surface area contributed by atoms with Crippen LogP contribution in [-0.2, 0) is 27.8 Å². The maximum atomic E-state index is 12.9. The molecule has 1 aromatic carbocycles. The van der Waals surface area contributed by atoms with Crippen LogP contribution in [0.1, 0.15) is 59.7 Å². The Kier molecular flexibility index (Phi) is 9.12. The number of carbonyl (C=O) groups is 1. The number of hydrogen-bond acceptors (Lipinski definition) is 5. The third kappa shape index (κ3) is 5.98. The monoisotopic (exact) mass is 491 g/mol. The number of imidazole rings is 1. The van der Waals surface area contributed by atoms with Gasteiger partial charge >= 0.3 is 0 Å². The van der Waals surface area contributed by atoms with E-state index >= 15 is 0 Å². The lowest BCUT2D eigenvalue weighted by atomic mass is 9.98. The molecular weight excluding hydrogens is 450 g/mol. The SMILES string of the molecule is CCN(CC)S(=O)(=O)c1ccc2c(c1)nc(CCC(=O)NCC(C)N1CCC(C)CC1)n2CC. The molecule has 190 valence electrons. The second kappa shape index (κ2) is 11.6. The number of aromatic nitrogens is 2. The maximum absolute atomic E-state index is 12.9. The molecule has 1 N–H and O–H groups in total. The van der Waals surface area contributed by atoms with E-state index in [0.29, 0.717) is 50.6 Å². The Balaban J connectivity index is 1.64. The van der Waals surface area contributed by atoms with Gasteiger partial charge < -0.3 is 9.88 Å². The topological polar surface area (TPSA) is 87.5 Å². The highest BCUT2D eigenvalue weighted by molar-refractivity contribution is 7.89. The van der Waals surface area contributed by atoms with Gasteiger partial charge in [0.2, 0.25) is 15.9 Å². The number of sulfonamides is 1. The van der Waals surface area contributed by atoms with Crippen LogP contribution in [0.15, 0.2) is 23.1 Å². The lowest BCUT2D eigenvalue weighted by Gasteiger charge is -2.35. The number of amides is 1. The van der Waals surface area contributed by atoms with Crippen LogP contribution >= 0.6 is 0 Å². The number of likely N-dealkylation sites (tertiary alicyclic amines) is 1. The number of aryl methyl sites for hydroxylation is 2. The molecule has 0 radical (unpaired) electrons. The summed E-state index contributed by atoms with van der Waals surface area (Å²) < 4.78 is 29.3. The molecule has 2 heterocycles. The van der Waals surface area contributed by atoms with Gasteiger partial charge in [0.25, 0.3) is 0 Å². The summed E-state index contributed by atoms with van der Waals surface area (Å²) in [5.41, 5.74) is 1.54. The molecule has 1 fully saturated rings. The van der Waals surface area contributed by atoms with Crippen LogP contribution in [0.25, 0.3) is 11.0 Å². The number of piperidine rings is 1. The van der Waals surface area contributed by atoms with Crippen molar-refractivity contribution in [3.63, 3.8) is 0 Å². The minimum atomic E-state index is -3.54. The van der Waals surface area contributed by atoms with Crippen LogP contribution in [-0.4, -0.2) is 71.8 Å². The van der Waals surface area contributed by atoms with E-state index in [1.165, 1.54) is 17.1 Å². The van der Waals surface area contributed by atoms with E-state index in [9.17, 15) is 13.2 Å². The highest BCUT2D eigenvalue weighted by Crippen LogP contribution is 2.24. The van der Waals surface area contributed by atoms with E-state index in [0.717, 1.165) is 30.3 Å². The summed E-state index contributed by atoms with van der Waals surface area (Å²) >= 11 is 0. The van der Waals surface area contributed by atoms with Gasteiger partial charge in [0.15, 0.2) is 0 Å². The Morgan fingerprint density at radius 3 is 2.50 bits per heavy atom. The molecule has 8 nitrogen and oxygen atoms in total. The second-order valence-electron chi connectivity index (χ2n) is 9.38. The zero-order valence-corrected chi connectivity index (χ0v) is 22.2.